The van der Waals surface area contributed by atoms with E-state index in [9.17, 15) is 9.18 Å². The third-order valence-electron chi connectivity index (χ3n) is 5.15. The molecule has 1 unspecified atom stereocenters. The van der Waals surface area contributed by atoms with Crippen molar-refractivity contribution in [2.45, 2.75) is 11.0 Å². The van der Waals surface area contributed by atoms with E-state index in [1.54, 1.807) is 30.8 Å². The van der Waals surface area contributed by atoms with Gasteiger partial charge >= 0.3 is 0 Å². The number of aromatic nitrogens is 1. The van der Waals surface area contributed by atoms with Gasteiger partial charge in [-0.05, 0) is 42.0 Å². The summed E-state index contributed by atoms with van der Waals surface area (Å²) in [4.78, 5) is 23.3. The van der Waals surface area contributed by atoms with Gasteiger partial charge in [-0.15, -0.1) is 0 Å². The molecule has 1 atom stereocenters. The van der Waals surface area contributed by atoms with Crippen LogP contribution in [0.4, 0.5) is 10.2 Å². The summed E-state index contributed by atoms with van der Waals surface area (Å²) in [5, 5.41) is 9.16. The number of carbonyl (C=O) groups is 1. The fourth-order valence-corrected chi connectivity index (χ4v) is 5.00. The van der Waals surface area contributed by atoms with Crippen molar-refractivity contribution in [3.63, 3.8) is 0 Å². The zero-order chi connectivity index (χ0) is 22.9. The normalized spacial score (nSPS) is 17.7. The zero-order valence-corrected chi connectivity index (χ0v) is 19.1. The number of nitrogens with one attached hydrogen (secondary N) is 1. The molecule has 3 aromatic rings. The molecule has 7 nitrogen and oxygen atoms in total. The average molecular weight is 520 g/mol. The molecule has 2 heterocycles. The number of benzene rings is 2. The van der Waals surface area contributed by atoms with Gasteiger partial charge in [-0.2, -0.15) is 0 Å². The minimum absolute atomic E-state index is 0.0997. The van der Waals surface area contributed by atoms with Gasteiger partial charge in [-0.3, -0.25) is 15.5 Å². The Hall–Kier alpha value is -3.01. The SMILES string of the molecule is COc1ccc(CN2C(=O)c3c(ccnc3/N=C/NO)C2(Br)c2cc(F)ccc2Cl)cc1. The number of amides is 1. The Kier molecular flexibility index (Phi) is 6.14. The molecule has 164 valence electrons. The number of hydroxylamine groups is 1. The molecule has 0 bridgehead atoms. The molecule has 0 radical (unpaired) electrons. The molecule has 1 aliphatic rings. The Morgan fingerprint density at radius 2 is 2.03 bits per heavy atom. The van der Waals surface area contributed by atoms with Crippen LogP contribution in [-0.4, -0.2) is 34.4 Å². The van der Waals surface area contributed by atoms with Crippen LogP contribution in [0.3, 0.4) is 0 Å². The van der Waals surface area contributed by atoms with Gasteiger partial charge in [0.25, 0.3) is 5.91 Å². The summed E-state index contributed by atoms with van der Waals surface area (Å²) in [5.41, 5.74) is 3.70. The molecular weight excluding hydrogens is 503 g/mol. The van der Waals surface area contributed by atoms with E-state index >= 15 is 0 Å². The van der Waals surface area contributed by atoms with Gasteiger partial charge in [-0.1, -0.05) is 39.7 Å². The minimum Gasteiger partial charge on any atom is -0.497 e. The average Bonchev–Trinajstić information content (AvgIpc) is 3.02. The maximum atomic E-state index is 14.3. The van der Waals surface area contributed by atoms with Crippen LogP contribution in [0.25, 0.3) is 0 Å². The third kappa shape index (κ3) is 3.72. The molecule has 0 fully saturated rings. The summed E-state index contributed by atoms with van der Waals surface area (Å²) in [6.45, 7) is 0.178. The monoisotopic (exact) mass is 518 g/mol. The van der Waals surface area contributed by atoms with E-state index in [2.05, 4.69) is 25.9 Å². The van der Waals surface area contributed by atoms with Crippen molar-refractivity contribution in [3.05, 3.63) is 87.8 Å². The Morgan fingerprint density at radius 3 is 2.72 bits per heavy atom. The summed E-state index contributed by atoms with van der Waals surface area (Å²) in [6.07, 6.45) is 2.49. The first-order valence-corrected chi connectivity index (χ1v) is 10.6. The van der Waals surface area contributed by atoms with E-state index < -0.39 is 10.3 Å². The van der Waals surface area contributed by atoms with Crippen LogP contribution in [0.1, 0.15) is 27.0 Å². The smallest absolute Gasteiger partial charge is 0.260 e. The summed E-state index contributed by atoms with van der Waals surface area (Å²) in [5.74, 6) is -0.0977. The van der Waals surface area contributed by atoms with Crippen molar-refractivity contribution in [2.75, 3.05) is 7.11 Å². The van der Waals surface area contributed by atoms with Crippen LogP contribution in [0.5, 0.6) is 5.75 Å². The highest BCUT2D eigenvalue weighted by Gasteiger charge is 2.51. The predicted octanol–water partition coefficient (Wildman–Crippen LogP) is 4.77. The number of fused-ring (bicyclic) bond motifs is 1. The van der Waals surface area contributed by atoms with Gasteiger partial charge in [0.05, 0.1) is 12.7 Å². The third-order valence-corrected chi connectivity index (χ3v) is 6.76. The molecule has 2 aromatic carbocycles. The second-order valence-corrected chi connectivity index (χ2v) is 8.48. The maximum absolute atomic E-state index is 14.3. The second-order valence-electron chi connectivity index (χ2n) is 6.93. The Morgan fingerprint density at radius 1 is 1.28 bits per heavy atom. The number of carbonyl (C=O) groups excluding carboxylic acids is 1. The molecular formula is C22H17BrClFN4O3. The van der Waals surface area contributed by atoms with Gasteiger partial charge in [-0.25, -0.2) is 14.4 Å². The molecule has 32 heavy (non-hydrogen) atoms. The van der Waals surface area contributed by atoms with Crippen LogP contribution in [-0.2, 0) is 11.0 Å². The molecule has 1 aromatic heterocycles. The number of methoxy groups -OCH3 is 1. The number of rotatable bonds is 6. The lowest BCUT2D eigenvalue weighted by Crippen LogP contribution is -2.39. The lowest BCUT2D eigenvalue weighted by molar-refractivity contribution is 0.0715. The van der Waals surface area contributed by atoms with Crippen molar-refractivity contribution < 1.29 is 19.1 Å². The number of nitrogens with zero attached hydrogens (tertiary/aromatic N) is 3. The first-order chi connectivity index (χ1) is 15.4. The van der Waals surface area contributed by atoms with E-state index in [0.717, 1.165) is 11.9 Å². The maximum Gasteiger partial charge on any atom is 0.260 e. The van der Waals surface area contributed by atoms with Gasteiger partial charge < -0.3 is 9.64 Å². The minimum atomic E-state index is -1.28. The number of hydrogen-bond acceptors (Lipinski definition) is 5. The van der Waals surface area contributed by atoms with E-state index in [4.69, 9.17) is 21.5 Å². The Bertz CT molecular complexity index is 1210. The van der Waals surface area contributed by atoms with Gasteiger partial charge in [0.15, 0.2) is 10.3 Å². The van der Waals surface area contributed by atoms with Crippen LogP contribution in [0.15, 0.2) is 59.7 Å². The molecule has 0 spiro atoms. The lowest BCUT2D eigenvalue weighted by atomic mass is 9.98. The second kappa shape index (κ2) is 8.85. The van der Waals surface area contributed by atoms with Crippen LogP contribution in [0.2, 0.25) is 5.02 Å². The highest BCUT2D eigenvalue weighted by atomic mass is 79.9. The number of halogens is 3. The number of pyridine rings is 1. The van der Waals surface area contributed by atoms with Crippen molar-refractivity contribution in [3.8, 4) is 5.75 Å². The molecule has 4 rings (SSSR count). The molecule has 0 aliphatic carbocycles. The first kappa shape index (κ1) is 22.2. The van der Waals surface area contributed by atoms with E-state index in [-0.39, 0.29) is 28.9 Å². The highest BCUT2D eigenvalue weighted by Crippen LogP contribution is 2.53. The predicted molar refractivity (Wildman–Crippen MR) is 121 cm³/mol. The quantitative estimate of drug-likeness (QED) is 0.161. The zero-order valence-electron chi connectivity index (χ0n) is 16.7. The van der Waals surface area contributed by atoms with E-state index in [1.807, 2.05) is 12.1 Å². The largest absolute Gasteiger partial charge is 0.497 e. The Balaban J connectivity index is 1.91. The summed E-state index contributed by atoms with van der Waals surface area (Å²) in [7, 11) is 1.57. The van der Waals surface area contributed by atoms with Gasteiger partial charge in [0.1, 0.15) is 17.9 Å². The van der Waals surface area contributed by atoms with Crippen molar-refractivity contribution in [1.82, 2.24) is 15.4 Å². The number of aliphatic imine (C=N–C) groups is 1. The van der Waals surface area contributed by atoms with Crippen molar-refractivity contribution in [2.24, 2.45) is 4.99 Å². The summed E-state index contributed by atoms with van der Waals surface area (Å²) < 4.78 is 18.2. The Labute approximate surface area is 196 Å². The topological polar surface area (TPSA) is 87.0 Å². The van der Waals surface area contributed by atoms with Crippen LogP contribution < -0.4 is 10.2 Å². The number of hydrogen-bond donors (Lipinski definition) is 2. The molecule has 2 N–H and O–H groups in total. The van der Waals surface area contributed by atoms with Crippen LogP contribution in [0, 0.1) is 5.82 Å². The molecule has 10 heteroatoms. The number of ether oxygens (including phenoxy) is 1. The van der Waals surface area contributed by atoms with E-state index in [1.165, 1.54) is 29.3 Å². The summed E-state index contributed by atoms with van der Waals surface area (Å²) >= 11 is 10.2. The fraction of sp³-hybridized carbons (Fsp3) is 0.136. The molecule has 1 amide bonds. The highest BCUT2D eigenvalue weighted by molar-refractivity contribution is 9.09. The van der Waals surface area contributed by atoms with E-state index in [0.29, 0.717) is 16.9 Å². The van der Waals surface area contributed by atoms with Crippen molar-refractivity contribution in [1.29, 1.82) is 0 Å². The number of alkyl halides is 1. The standard InChI is InChI=1S/C22H17BrClFN4O3/c1-32-15-5-2-13(3-6-15)11-29-21(30)19-16(8-9-26-20(19)27-12-28-31)22(29,23)17-10-14(25)4-7-18(17)24/h2-10,12,31H,11H2,1H3,(H,26,27,28). The van der Waals surface area contributed by atoms with Gasteiger partial charge in [0.2, 0.25) is 0 Å². The summed E-state index contributed by atoms with van der Waals surface area (Å²) in [6, 6.07) is 12.9. The fourth-order valence-electron chi connectivity index (χ4n) is 3.68. The lowest BCUT2D eigenvalue weighted by Gasteiger charge is -2.35. The van der Waals surface area contributed by atoms with Crippen LogP contribution >= 0.6 is 27.5 Å². The molecule has 1 aliphatic heterocycles. The molecule has 0 saturated carbocycles. The van der Waals surface area contributed by atoms with Gasteiger partial charge in [0, 0.05) is 28.9 Å². The van der Waals surface area contributed by atoms with Crippen molar-refractivity contribution >= 4 is 45.6 Å². The first-order valence-electron chi connectivity index (χ1n) is 9.41. The molecule has 0 saturated heterocycles.